The van der Waals surface area contributed by atoms with Crippen molar-refractivity contribution in [2.24, 2.45) is 0 Å². The first-order valence-electron chi connectivity index (χ1n) is 7.68. The number of hydrogen-bond donors (Lipinski definition) is 2. The standard InChI is InChI=1S/C14H25N5O2/c1-4-7-15-12-17-13(16-11-6-5-8-20-9-11)19-14(18-12)21-10(2)3/h10-11H,4-9H2,1-3H3,(H2,15,16,17,18,19). The second-order valence-corrected chi connectivity index (χ2v) is 5.42. The molecule has 1 aliphatic heterocycles. The van der Waals surface area contributed by atoms with Gasteiger partial charge in [0.2, 0.25) is 11.9 Å². The molecule has 1 aromatic rings. The predicted octanol–water partition coefficient (Wildman–Crippen LogP) is 2.07. The van der Waals surface area contributed by atoms with Crippen LogP contribution < -0.4 is 15.4 Å². The van der Waals surface area contributed by atoms with Crippen LogP contribution in [0.4, 0.5) is 11.9 Å². The lowest BCUT2D eigenvalue weighted by atomic mass is 10.1. The van der Waals surface area contributed by atoms with E-state index in [1.54, 1.807) is 0 Å². The first-order chi connectivity index (χ1) is 10.2. The third-order valence-electron chi connectivity index (χ3n) is 2.98. The SMILES string of the molecule is CCCNc1nc(NC2CCCOC2)nc(OC(C)C)n1. The number of nitrogens with one attached hydrogen (secondary N) is 2. The minimum absolute atomic E-state index is 0.0253. The van der Waals surface area contributed by atoms with E-state index in [0.29, 0.717) is 24.5 Å². The molecule has 1 saturated heterocycles. The van der Waals surface area contributed by atoms with E-state index in [-0.39, 0.29) is 12.1 Å². The van der Waals surface area contributed by atoms with Gasteiger partial charge < -0.3 is 20.1 Å². The molecule has 0 bridgehead atoms. The van der Waals surface area contributed by atoms with E-state index in [9.17, 15) is 0 Å². The van der Waals surface area contributed by atoms with Crippen molar-refractivity contribution in [1.82, 2.24) is 15.0 Å². The van der Waals surface area contributed by atoms with E-state index in [2.05, 4.69) is 32.5 Å². The highest BCUT2D eigenvalue weighted by Gasteiger charge is 2.16. The summed E-state index contributed by atoms with van der Waals surface area (Å²) < 4.78 is 11.1. The summed E-state index contributed by atoms with van der Waals surface area (Å²) in [4.78, 5) is 13.0. The highest BCUT2D eigenvalue weighted by atomic mass is 16.5. The zero-order valence-corrected chi connectivity index (χ0v) is 13.1. The lowest BCUT2D eigenvalue weighted by Crippen LogP contribution is -2.31. The molecular formula is C14H25N5O2. The Kier molecular flexibility index (Phi) is 5.98. The molecule has 118 valence electrons. The molecule has 2 N–H and O–H groups in total. The van der Waals surface area contributed by atoms with Crippen molar-refractivity contribution in [2.45, 2.75) is 52.2 Å². The van der Waals surface area contributed by atoms with Crippen LogP contribution >= 0.6 is 0 Å². The van der Waals surface area contributed by atoms with Gasteiger partial charge in [-0.3, -0.25) is 0 Å². The summed E-state index contributed by atoms with van der Waals surface area (Å²) in [6.07, 6.45) is 3.14. The van der Waals surface area contributed by atoms with E-state index in [1.165, 1.54) is 0 Å². The lowest BCUT2D eigenvalue weighted by Gasteiger charge is -2.23. The third-order valence-corrected chi connectivity index (χ3v) is 2.98. The van der Waals surface area contributed by atoms with Gasteiger partial charge in [0.15, 0.2) is 0 Å². The molecule has 0 amide bonds. The van der Waals surface area contributed by atoms with Crippen molar-refractivity contribution in [3.8, 4) is 6.01 Å². The third kappa shape index (κ3) is 5.34. The molecule has 0 spiro atoms. The molecule has 1 unspecified atom stereocenters. The van der Waals surface area contributed by atoms with Crippen LogP contribution in [0.1, 0.15) is 40.0 Å². The number of aromatic nitrogens is 3. The van der Waals surface area contributed by atoms with E-state index in [4.69, 9.17) is 9.47 Å². The Labute approximate surface area is 125 Å². The van der Waals surface area contributed by atoms with Gasteiger partial charge in [0.1, 0.15) is 0 Å². The van der Waals surface area contributed by atoms with Crippen molar-refractivity contribution in [2.75, 3.05) is 30.4 Å². The quantitative estimate of drug-likeness (QED) is 0.797. The molecule has 21 heavy (non-hydrogen) atoms. The maximum absolute atomic E-state index is 5.59. The Morgan fingerprint density at radius 1 is 1.29 bits per heavy atom. The molecule has 0 aliphatic carbocycles. The van der Waals surface area contributed by atoms with Crippen LogP contribution in [0.5, 0.6) is 6.01 Å². The van der Waals surface area contributed by atoms with Gasteiger partial charge in [-0.15, -0.1) is 0 Å². The molecule has 1 fully saturated rings. The minimum Gasteiger partial charge on any atom is -0.461 e. The van der Waals surface area contributed by atoms with Gasteiger partial charge in [0.25, 0.3) is 0 Å². The van der Waals surface area contributed by atoms with Crippen LogP contribution in [0.2, 0.25) is 0 Å². The second kappa shape index (κ2) is 7.97. The zero-order chi connectivity index (χ0) is 15.1. The number of anilines is 2. The summed E-state index contributed by atoms with van der Waals surface area (Å²) in [5, 5.41) is 6.48. The molecule has 0 aromatic carbocycles. The van der Waals surface area contributed by atoms with Gasteiger partial charge in [-0.25, -0.2) is 0 Å². The number of rotatable bonds is 7. The van der Waals surface area contributed by atoms with Crippen LogP contribution in [0.15, 0.2) is 0 Å². The number of ether oxygens (including phenoxy) is 2. The Morgan fingerprint density at radius 2 is 2.10 bits per heavy atom. The van der Waals surface area contributed by atoms with Gasteiger partial charge >= 0.3 is 6.01 Å². The molecule has 2 heterocycles. The molecule has 2 rings (SSSR count). The fraction of sp³-hybridized carbons (Fsp3) is 0.786. The van der Waals surface area contributed by atoms with E-state index >= 15 is 0 Å². The Morgan fingerprint density at radius 3 is 2.76 bits per heavy atom. The van der Waals surface area contributed by atoms with Crippen LogP contribution in [0, 0.1) is 0 Å². The van der Waals surface area contributed by atoms with Crippen molar-refractivity contribution in [3.63, 3.8) is 0 Å². The topological polar surface area (TPSA) is 81.2 Å². The molecule has 0 saturated carbocycles. The summed E-state index contributed by atoms with van der Waals surface area (Å²) in [6, 6.07) is 0.588. The summed E-state index contributed by atoms with van der Waals surface area (Å²) in [5.74, 6) is 1.08. The fourth-order valence-electron chi connectivity index (χ4n) is 2.04. The van der Waals surface area contributed by atoms with E-state index in [0.717, 1.165) is 32.4 Å². The minimum atomic E-state index is 0.0253. The Hall–Kier alpha value is -1.63. The normalized spacial score (nSPS) is 18.6. The van der Waals surface area contributed by atoms with Gasteiger partial charge in [0.05, 0.1) is 18.8 Å². The van der Waals surface area contributed by atoms with Crippen molar-refractivity contribution in [1.29, 1.82) is 0 Å². The number of nitrogens with zero attached hydrogens (tertiary/aromatic N) is 3. The van der Waals surface area contributed by atoms with E-state index < -0.39 is 0 Å². The van der Waals surface area contributed by atoms with Gasteiger partial charge in [0, 0.05) is 13.2 Å². The summed E-state index contributed by atoms with van der Waals surface area (Å²) in [5.41, 5.74) is 0. The Bertz CT molecular complexity index is 435. The summed E-state index contributed by atoms with van der Waals surface area (Å²) in [7, 11) is 0. The van der Waals surface area contributed by atoms with Gasteiger partial charge in [-0.1, -0.05) is 6.92 Å². The summed E-state index contributed by atoms with van der Waals surface area (Å²) in [6.45, 7) is 8.33. The maximum atomic E-state index is 5.59. The predicted molar refractivity (Wildman–Crippen MR) is 81.8 cm³/mol. The van der Waals surface area contributed by atoms with Crippen molar-refractivity contribution < 1.29 is 9.47 Å². The van der Waals surface area contributed by atoms with Crippen molar-refractivity contribution >= 4 is 11.9 Å². The highest BCUT2D eigenvalue weighted by molar-refractivity contribution is 5.36. The monoisotopic (exact) mass is 295 g/mol. The Balaban J connectivity index is 2.09. The first-order valence-corrected chi connectivity index (χ1v) is 7.68. The van der Waals surface area contributed by atoms with Gasteiger partial charge in [-0.2, -0.15) is 15.0 Å². The lowest BCUT2D eigenvalue weighted by molar-refractivity contribution is 0.0873. The molecule has 7 heteroatoms. The zero-order valence-electron chi connectivity index (χ0n) is 13.1. The van der Waals surface area contributed by atoms with E-state index in [1.807, 2.05) is 13.8 Å². The average Bonchev–Trinajstić information content (AvgIpc) is 2.45. The van der Waals surface area contributed by atoms with Crippen LogP contribution in [0.3, 0.4) is 0 Å². The largest absolute Gasteiger partial charge is 0.461 e. The van der Waals surface area contributed by atoms with Gasteiger partial charge in [-0.05, 0) is 33.1 Å². The molecule has 7 nitrogen and oxygen atoms in total. The highest BCUT2D eigenvalue weighted by Crippen LogP contribution is 2.16. The number of hydrogen-bond acceptors (Lipinski definition) is 7. The van der Waals surface area contributed by atoms with Crippen LogP contribution in [-0.2, 0) is 4.74 Å². The molecule has 0 radical (unpaired) electrons. The summed E-state index contributed by atoms with van der Waals surface area (Å²) >= 11 is 0. The molecular weight excluding hydrogens is 270 g/mol. The average molecular weight is 295 g/mol. The maximum Gasteiger partial charge on any atom is 0.323 e. The smallest absolute Gasteiger partial charge is 0.323 e. The van der Waals surface area contributed by atoms with Crippen molar-refractivity contribution in [3.05, 3.63) is 0 Å². The van der Waals surface area contributed by atoms with Crippen LogP contribution in [-0.4, -0.2) is 46.9 Å². The fourth-order valence-corrected chi connectivity index (χ4v) is 2.04. The molecule has 1 aliphatic rings. The molecule has 1 atom stereocenters. The van der Waals surface area contributed by atoms with Crippen LogP contribution in [0.25, 0.3) is 0 Å². The second-order valence-electron chi connectivity index (χ2n) is 5.42. The molecule has 1 aromatic heterocycles. The first kappa shape index (κ1) is 15.8.